The van der Waals surface area contributed by atoms with E-state index in [0.717, 1.165) is 31.2 Å². The second-order valence-corrected chi connectivity index (χ2v) is 8.67. The molecule has 1 aromatic heterocycles. The van der Waals surface area contributed by atoms with Crippen LogP contribution < -0.4 is 0 Å². The van der Waals surface area contributed by atoms with Gasteiger partial charge in [-0.05, 0) is 37.1 Å². The number of carboxylic acids is 1. The molecule has 0 unspecified atom stereocenters. The number of aromatic carboxylic acids is 1. The minimum absolute atomic E-state index is 0.0963. The molecule has 1 N–H and O–H groups in total. The molecular weight excluding hydrogens is 455 g/mol. The van der Waals surface area contributed by atoms with E-state index >= 15 is 0 Å². The number of hydrogen-bond acceptors (Lipinski definition) is 3. The van der Waals surface area contributed by atoms with E-state index in [4.69, 9.17) is 5.11 Å². The van der Waals surface area contributed by atoms with Gasteiger partial charge in [0.2, 0.25) is 0 Å². The highest BCUT2D eigenvalue weighted by molar-refractivity contribution is 5.87. The molecule has 3 aromatic rings. The third-order valence-electron chi connectivity index (χ3n) is 5.92. The Morgan fingerprint density at radius 1 is 0.971 bits per heavy atom. The molecule has 188 valence electrons. The van der Waals surface area contributed by atoms with Crippen molar-refractivity contribution in [2.45, 2.75) is 65.3 Å². The zero-order chi connectivity index (χ0) is 25.4. The number of benzene rings is 2. The monoisotopic (exact) mass is 487 g/mol. The van der Waals surface area contributed by atoms with Gasteiger partial charge in [-0.25, -0.2) is 9.78 Å². The number of hydrogen-bond donors (Lipinski definition) is 1. The van der Waals surface area contributed by atoms with Gasteiger partial charge in [-0.2, -0.15) is 13.2 Å². The van der Waals surface area contributed by atoms with Crippen LogP contribution in [0.15, 0.2) is 54.6 Å². The van der Waals surface area contributed by atoms with Crippen LogP contribution in [0.25, 0.3) is 11.4 Å². The molecule has 0 aliphatic carbocycles. The largest absolute Gasteiger partial charge is 0.478 e. The molecule has 8 heteroatoms. The highest BCUT2D eigenvalue weighted by atomic mass is 19.4. The Kier molecular flexibility index (Phi) is 9.09. The van der Waals surface area contributed by atoms with Crippen molar-refractivity contribution in [2.24, 2.45) is 0 Å². The van der Waals surface area contributed by atoms with Crippen molar-refractivity contribution >= 4 is 5.97 Å². The Morgan fingerprint density at radius 2 is 1.63 bits per heavy atom. The molecule has 0 aliphatic heterocycles. The molecule has 0 saturated carbocycles. The molecule has 0 radical (unpaired) electrons. The van der Waals surface area contributed by atoms with Crippen molar-refractivity contribution in [1.29, 1.82) is 0 Å². The van der Waals surface area contributed by atoms with E-state index in [1.807, 2.05) is 24.8 Å². The van der Waals surface area contributed by atoms with E-state index in [1.165, 1.54) is 12.1 Å². The molecule has 35 heavy (non-hydrogen) atoms. The minimum Gasteiger partial charge on any atom is -0.478 e. The number of carbonyl (C=O) groups is 1. The summed E-state index contributed by atoms with van der Waals surface area (Å²) in [6.45, 7) is 5.63. The zero-order valence-electron chi connectivity index (χ0n) is 20.2. The van der Waals surface area contributed by atoms with E-state index in [1.54, 1.807) is 41.0 Å². The number of unbranched alkanes of at least 4 members (excludes halogenated alkanes) is 2. The quantitative estimate of drug-likeness (QED) is 0.303. The standard InChI is InChI=1S/C27H32F3N3O2/c1-3-5-16-32(18-20-12-14-22(15-13-20)26(34)35)19-23-24(27(28,29)30)31-25(33(23)17-6-4-2)21-10-8-7-9-11-21/h7-15H,3-6,16-19H2,1-2H3,(H,34,35). The molecule has 0 aliphatic rings. The van der Waals surface area contributed by atoms with Gasteiger partial charge >= 0.3 is 12.1 Å². The Labute approximate surface area is 204 Å². The smallest absolute Gasteiger partial charge is 0.435 e. The lowest BCUT2D eigenvalue weighted by atomic mass is 10.1. The predicted octanol–water partition coefficient (Wildman–Crippen LogP) is 6.87. The SMILES string of the molecule is CCCCN(Cc1ccc(C(=O)O)cc1)Cc1c(C(F)(F)F)nc(-c2ccccc2)n1CCCC. The fourth-order valence-corrected chi connectivity index (χ4v) is 4.06. The van der Waals surface area contributed by atoms with Crippen LogP contribution in [-0.4, -0.2) is 32.1 Å². The first kappa shape index (κ1) is 26.5. The normalized spacial score (nSPS) is 11.8. The van der Waals surface area contributed by atoms with Crippen LogP contribution in [0.2, 0.25) is 0 Å². The zero-order valence-corrected chi connectivity index (χ0v) is 20.2. The molecule has 3 rings (SSSR count). The average Bonchev–Trinajstić information content (AvgIpc) is 3.20. The molecule has 0 amide bonds. The summed E-state index contributed by atoms with van der Waals surface area (Å²) in [5.41, 5.74) is 1.02. The summed E-state index contributed by atoms with van der Waals surface area (Å²) in [6.07, 6.45) is -1.24. The second-order valence-electron chi connectivity index (χ2n) is 8.67. The Balaban J connectivity index is 2.02. The Bertz CT molecular complexity index is 1090. The van der Waals surface area contributed by atoms with Crippen molar-refractivity contribution in [2.75, 3.05) is 6.54 Å². The van der Waals surface area contributed by atoms with Crippen molar-refractivity contribution in [3.8, 4) is 11.4 Å². The second kappa shape index (κ2) is 12.0. The molecule has 0 atom stereocenters. The topological polar surface area (TPSA) is 58.4 Å². The van der Waals surface area contributed by atoms with E-state index in [9.17, 15) is 18.0 Å². The fraction of sp³-hybridized carbons (Fsp3) is 0.407. The van der Waals surface area contributed by atoms with Gasteiger partial charge < -0.3 is 9.67 Å². The van der Waals surface area contributed by atoms with Crippen LogP contribution in [0.5, 0.6) is 0 Å². The molecule has 0 fully saturated rings. The molecular formula is C27H32F3N3O2. The predicted molar refractivity (Wildman–Crippen MR) is 130 cm³/mol. The van der Waals surface area contributed by atoms with Gasteiger partial charge in [-0.3, -0.25) is 4.90 Å². The third-order valence-corrected chi connectivity index (χ3v) is 5.92. The Hall–Kier alpha value is -3.13. The highest BCUT2D eigenvalue weighted by Crippen LogP contribution is 2.35. The maximum Gasteiger partial charge on any atom is 0.435 e. The van der Waals surface area contributed by atoms with Gasteiger partial charge in [-0.1, -0.05) is 69.2 Å². The number of alkyl halides is 3. The van der Waals surface area contributed by atoms with Crippen LogP contribution in [0.3, 0.4) is 0 Å². The van der Waals surface area contributed by atoms with Gasteiger partial charge in [0.1, 0.15) is 5.82 Å². The molecule has 2 aromatic carbocycles. The summed E-state index contributed by atoms with van der Waals surface area (Å²) >= 11 is 0. The summed E-state index contributed by atoms with van der Waals surface area (Å²) in [7, 11) is 0. The maximum atomic E-state index is 14.2. The number of rotatable bonds is 12. The summed E-state index contributed by atoms with van der Waals surface area (Å²) in [6, 6.07) is 15.5. The van der Waals surface area contributed by atoms with Crippen LogP contribution in [0, 0.1) is 0 Å². The van der Waals surface area contributed by atoms with Gasteiger partial charge in [0.25, 0.3) is 0 Å². The number of imidazole rings is 1. The lowest BCUT2D eigenvalue weighted by molar-refractivity contribution is -0.141. The number of nitrogens with zero attached hydrogens (tertiary/aromatic N) is 3. The van der Waals surface area contributed by atoms with Gasteiger partial charge in [0.15, 0.2) is 5.69 Å². The third kappa shape index (κ3) is 6.94. The van der Waals surface area contributed by atoms with Crippen molar-refractivity contribution in [1.82, 2.24) is 14.5 Å². The lowest BCUT2D eigenvalue weighted by Crippen LogP contribution is -2.27. The van der Waals surface area contributed by atoms with Crippen LogP contribution in [-0.2, 0) is 25.8 Å². The number of halogens is 3. The summed E-state index contributed by atoms with van der Waals surface area (Å²) in [5.74, 6) is -0.676. The molecule has 0 spiro atoms. The van der Waals surface area contributed by atoms with Gasteiger partial charge in [0.05, 0.1) is 11.3 Å². The van der Waals surface area contributed by atoms with Crippen LogP contribution >= 0.6 is 0 Å². The van der Waals surface area contributed by atoms with Crippen LogP contribution in [0.1, 0.15) is 66.8 Å². The number of aromatic nitrogens is 2. The van der Waals surface area contributed by atoms with E-state index in [2.05, 4.69) is 4.98 Å². The molecule has 0 saturated heterocycles. The fourth-order valence-electron chi connectivity index (χ4n) is 4.06. The lowest BCUT2D eigenvalue weighted by Gasteiger charge is -2.24. The first-order valence-electron chi connectivity index (χ1n) is 12.0. The maximum absolute atomic E-state index is 14.2. The summed E-state index contributed by atoms with van der Waals surface area (Å²) in [5, 5.41) is 9.15. The van der Waals surface area contributed by atoms with Gasteiger partial charge in [0, 0.05) is 25.2 Å². The first-order chi connectivity index (χ1) is 16.7. The van der Waals surface area contributed by atoms with Crippen molar-refractivity contribution < 1.29 is 23.1 Å². The molecule has 5 nitrogen and oxygen atoms in total. The van der Waals surface area contributed by atoms with E-state index in [0.29, 0.717) is 31.0 Å². The average molecular weight is 488 g/mol. The Morgan fingerprint density at radius 3 is 2.20 bits per heavy atom. The first-order valence-corrected chi connectivity index (χ1v) is 12.0. The summed E-state index contributed by atoms with van der Waals surface area (Å²) in [4.78, 5) is 17.3. The summed E-state index contributed by atoms with van der Waals surface area (Å²) < 4.78 is 44.3. The van der Waals surface area contributed by atoms with Gasteiger partial charge in [-0.15, -0.1) is 0 Å². The number of carboxylic acid groups (broad SMARTS) is 1. The van der Waals surface area contributed by atoms with E-state index in [-0.39, 0.29) is 17.8 Å². The van der Waals surface area contributed by atoms with Crippen molar-refractivity contribution in [3.05, 3.63) is 77.1 Å². The highest BCUT2D eigenvalue weighted by Gasteiger charge is 2.39. The van der Waals surface area contributed by atoms with Crippen molar-refractivity contribution in [3.63, 3.8) is 0 Å². The van der Waals surface area contributed by atoms with E-state index < -0.39 is 17.8 Å². The van der Waals surface area contributed by atoms with Crippen LogP contribution in [0.4, 0.5) is 13.2 Å². The molecule has 0 bridgehead atoms. The minimum atomic E-state index is -4.57. The molecule has 1 heterocycles.